The number of aliphatic carboxylic acids is 1. The van der Waals surface area contributed by atoms with Crippen LogP contribution < -0.4 is 10.2 Å². The van der Waals surface area contributed by atoms with Crippen LogP contribution in [0.1, 0.15) is 5.56 Å². The van der Waals surface area contributed by atoms with E-state index in [1.54, 1.807) is 6.08 Å². The highest BCUT2D eigenvalue weighted by atomic mass is 16.5. The predicted molar refractivity (Wildman–Crippen MR) is 129 cm³/mol. The fourth-order valence-corrected chi connectivity index (χ4v) is 3.94. The zero-order valence-electron chi connectivity index (χ0n) is 17.9. The minimum atomic E-state index is -0.981. The number of hydrogen-bond donors (Lipinski definition) is 3. The lowest BCUT2D eigenvalue weighted by Crippen LogP contribution is -2.37. The number of benzene rings is 2. The third-order valence-corrected chi connectivity index (χ3v) is 5.53. The van der Waals surface area contributed by atoms with E-state index in [0.717, 1.165) is 58.3 Å². The van der Waals surface area contributed by atoms with Gasteiger partial charge in [0.1, 0.15) is 5.82 Å². The van der Waals surface area contributed by atoms with Gasteiger partial charge >= 0.3 is 5.97 Å². The molecule has 166 valence electrons. The standard InChI is InChI=1S/C25H23N5O3/c31-22(32)8-7-17-3-1-5-19(15-17)20-16-27-25(29-24(20)30-11-13-33-14-12-30)28-21-6-2-4-18-9-10-26-23(18)21/h1-10,15-16,26H,11-14H2,(H,31,32)(H,27,28,29). The number of fused-ring (bicyclic) bond motifs is 1. The molecule has 1 fully saturated rings. The lowest BCUT2D eigenvalue weighted by atomic mass is 10.0. The fraction of sp³-hybridized carbons (Fsp3) is 0.160. The number of morpholine rings is 1. The van der Waals surface area contributed by atoms with Gasteiger partial charge in [-0.15, -0.1) is 0 Å². The number of rotatable bonds is 6. The van der Waals surface area contributed by atoms with Crippen molar-refractivity contribution in [2.24, 2.45) is 0 Å². The SMILES string of the molecule is O=C(O)C=Cc1cccc(-c2cnc(Nc3cccc4cc[nH]c34)nc2N2CCOCC2)c1. The first-order valence-electron chi connectivity index (χ1n) is 10.7. The molecule has 2 aromatic heterocycles. The Hall–Kier alpha value is -4.17. The van der Waals surface area contributed by atoms with E-state index >= 15 is 0 Å². The molecule has 33 heavy (non-hydrogen) atoms. The van der Waals surface area contributed by atoms with Gasteiger partial charge in [0.15, 0.2) is 0 Å². The molecule has 2 aromatic carbocycles. The lowest BCUT2D eigenvalue weighted by Gasteiger charge is -2.29. The van der Waals surface area contributed by atoms with Crippen molar-refractivity contribution in [3.05, 3.63) is 72.6 Å². The van der Waals surface area contributed by atoms with Crippen LogP contribution in [0, 0.1) is 0 Å². The van der Waals surface area contributed by atoms with Crippen molar-refractivity contribution in [3.8, 4) is 11.1 Å². The van der Waals surface area contributed by atoms with Crippen LogP contribution in [0.4, 0.5) is 17.5 Å². The van der Waals surface area contributed by atoms with Gasteiger partial charge in [-0.2, -0.15) is 4.98 Å². The van der Waals surface area contributed by atoms with E-state index in [1.807, 2.05) is 60.9 Å². The summed E-state index contributed by atoms with van der Waals surface area (Å²) < 4.78 is 5.54. The molecule has 1 saturated heterocycles. The van der Waals surface area contributed by atoms with Gasteiger partial charge in [0.05, 0.1) is 24.4 Å². The molecule has 0 spiro atoms. The number of aromatic amines is 1. The van der Waals surface area contributed by atoms with Crippen LogP contribution in [0.2, 0.25) is 0 Å². The van der Waals surface area contributed by atoms with Crippen molar-refractivity contribution >= 4 is 40.4 Å². The highest BCUT2D eigenvalue weighted by Crippen LogP contribution is 2.32. The van der Waals surface area contributed by atoms with Crippen LogP contribution in [0.3, 0.4) is 0 Å². The molecular formula is C25H23N5O3. The van der Waals surface area contributed by atoms with Crippen LogP contribution in [0.25, 0.3) is 28.1 Å². The molecule has 0 amide bonds. The Morgan fingerprint density at radius 1 is 1.15 bits per heavy atom. The number of H-pyrrole nitrogens is 1. The molecule has 0 radical (unpaired) electrons. The number of nitrogens with zero attached hydrogens (tertiary/aromatic N) is 3. The van der Waals surface area contributed by atoms with Gasteiger partial charge in [-0.1, -0.05) is 30.3 Å². The van der Waals surface area contributed by atoms with E-state index in [9.17, 15) is 4.79 Å². The minimum Gasteiger partial charge on any atom is -0.478 e. The molecule has 3 N–H and O–H groups in total. The first kappa shape index (κ1) is 20.7. The number of anilines is 3. The van der Waals surface area contributed by atoms with Gasteiger partial charge in [0.25, 0.3) is 0 Å². The van der Waals surface area contributed by atoms with E-state index in [-0.39, 0.29) is 0 Å². The maximum absolute atomic E-state index is 10.9. The normalized spacial score (nSPS) is 14.1. The van der Waals surface area contributed by atoms with Crippen LogP contribution >= 0.6 is 0 Å². The minimum absolute atomic E-state index is 0.504. The number of carbonyl (C=O) groups is 1. The summed E-state index contributed by atoms with van der Waals surface area (Å²) in [6.45, 7) is 2.73. The summed E-state index contributed by atoms with van der Waals surface area (Å²) in [4.78, 5) is 25.8. The highest BCUT2D eigenvalue weighted by molar-refractivity contribution is 5.92. The number of para-hydroxylation sites is 1. The summed E-state index contributed by atoms with van der Waals surface area (Å²) >= 11 is 0. The first-order chi connectivity index (χ1) is 16.2. The molecular weight excluding hydrogens is 418 g/mol. The molecule has 1 aliphatic rings. The van der Waals surface area contributed by atoms with Crippen molar-refractivity contribution in [2.75, 3.05) is 36.5 Å². The maximum atomic E-state index is 10.9. The van der Waals surface area contributed by atoms with Crippen molar-refractivity contribution in [1.29, 1.82) is 0 Å². The Labute approximate surface area is 190 Å². The predicted octanol–water partition coefficient (Wildman–Crippen LogP) is 4.30. The average Bonchev–Trinajstić information content (AvgIpc) is 3.34. The van der Waals surface area contributed by atoms with Crippen LogP contribution in [-0.2, 0) is 9.53 Å². The number of carboxylic acids is 1. The second-order valence-electron chi connectivity index (χ2n) is 7.70. The summed E-state index contributed by atoms with van der Waals surface area (Å²) in [7, 11) is 0. The Morgan fingerprint density at radius 2 is 2.00 bits per heavy atom. The fourth-order valence-electron chi connectivity index (χ4n) is 3.94. The summed E-state index contributed by atoms with van der Waals surface area (Å²) in [5.41, 5.74) is 4.49. The molecule has 1 aliphatic heterocycles. The quantitative estimate of drug-likeness (QED) is 0.383. The summed E-state index contributed by atoms with van der Waals surface area (Å²) in [6, 6.07) is 15.7. The van der Waals surface area contributed by atoms with Crippen LogP contribution in [0.15, 0.2) is 67.0 Å². The van der Waals surface area contributed by atoms with Gasteiger partial charge in [0.2, 0.25) is 5.95 Å². The van der Waals surface area contributed by atoms with Crippen molar-refractivity contribution in [3.63, 3.8) is 0 Å². The Morgan fingerprint density at radius 3 is 2.85 bits per heavy atom. The van der Waals surface area contributed by atoms with Gasteiger partial charge < -0.3 is 25.0 Å². The van der Waals surface area contributed by atoms with E-state index in [0.29, 0.717) is 19.2 Å². The molecule has 3 heterocycles. The Balaban J connectivity index is 1.53. The molecule has 8 heteroatoms. The molecule has 4 aromatic rings. The number of hydrogen-bond acceptors (Lipinski definition) is 6. The Kier molecular flexibility index (Phi) is 5.73. The molecule has 0 bridgehead atoms. The average molecular weight is 441 g/mol. The summed E-state index contributed by atoms with van der Waals surface area (Å²) in [5.74, 6) is 0.336. The topological polar surface area (TPSA) is 103 Å². The van der Waals surface area contributed by atoms with Gasteiger partial charge in [-0.05, 0) is 35.4 Å². The van der Waals surface area contributed by atoms with Gasteiger partial charge in [-0.3, -0.25) is 0 Å². The summed E-state index contributed by atoms with van der Waals surface area (Å²) in [5, 5.41) is 13.4. The number of carboxylic acid groups (broad SMARTS) is 1. The maximum Gasteiger partial charge on any atom is 0.328 e. The zero-order valence-corrected chi connectivity index (χ0v) is 17.9. The van der Waals surface area contributed by atoms with E-state index in [1.165, 1.54) is 0 Å². The monoisotopic (exact) mass is 441 g/mol. The zero-order chi connectivity index (χ0) is 22.6. The molecule has 5 rings (SSSR count). The number of nitrogens with one attached hydrogen (secondary N) is 2. The second-order valence-corrected chi connectivity index (χ2v) is 7.70. The third-order valence-electron chi connectivity index (χ3n) is 5.53. The second kappa shape index (κ2) is 9.13. The van der Waals surface area contributed by atoms with Gasteiger partial charge in [0, 0.05) is 42.5 Å². The van der Waals surface area contributed by atoms with Crippen molar-refractivity contribution in [1.82, 2.24) is 15.0 Å². The van der Waals surface area contributed by atoms with Crippen LogP contribution in [-0.4, -0.2) is 52.3 Å². The number of ether oxygens (including phenoxy) is 1. The van der Waals surface area contributed by atoms with Crippen molar-refractivity contribution < 1.29 is 14.6 Å². The number of aromatic nitrogens is 3. The summed E-state index contributed by atoms with van der Waals surface area (Å²) in [6.07, 6.45) is 6.43. The molecule has 0 unspecified atom stereocenters. The smallest absolute Gasteiger partial charge is 0.328 e. The van der Waals surface area contributed by atoms with E-state index in [2.05, 4.69) is 20.2 Å². The molecule has 0 aliphatic carbocycles. The first-order valence-corrected chi connectivity index (χ1v) is 10.7. The largest absolute Gasteiger partial charge is 0.478 e. The highest BCUT2D eigenvalue weighted by Gasteiger charge is 2.19. The van der Waals surface area contributed by atoms with Crippen molar-refractivity contribution in [2.45, 2.75) is 0 Å². The van der Waals surface area contributed by atoms with Crippen LogP contribution in [0.5, 0.6) is 0 Å². The van der Waals surface area contributed by atoms with E-state index < -0.39 is 5.97 Å². The molecule has 8 nitrogen and oxygen atoms in total. The molecule has 0 saturated carbocycles. The lowest BCUT2D eigenvalue weighted by molar-refractivity contribution is -0.131. The molecule has 0 atom stereocenters. The van der Waals surface area contributed by atoms with E-state index in [4.69, 9.17) is 14.8 Å². The van der Waals surface area contributed by atoms with Gasteiger partial charge in [-0.25, -0.2) is 9.78 Å². The third kappa shape index (κ3) is 4.56. The Bertz CT molecular complexity index is 1320.